The molecule has 0 bridgehead atoms. The summed E-state index contributed by atoms with van der Waals surface area (Å²) in [4.78, 5) is 15.7. The number of nitrogens with one attached hydrogen (secondary N) is 2. The van der Waals surface area contributed by atoms with Gasteiger partial charge < -0.3 is 15.5 Å². The van der Waals surface area contributed by atoms with Gasteiger partial charge in [-0.3, -0.25) is 15.6 Å². The third-order valence-electron chi connectivity index (χ3n) is 2.40. The Kier molecular flexibility index (Phi) is 6.75. The van der Waals surface area contributed by atoms with Gasteiger partial charge in [0, 0.05) is 25.5 Å². The monoisotopic (exact) mass is 252 g/mol. The fourth-order valence-corrected chi connectivity index (χ4v) is 1.38. The Morgan fingerprint density at radius 1 is 1.50 bits per heavy atom. The van der Waals surface area contributed by atoms with Gasteiger partial charge in [0.25, 0.3) is 5.91 Å². The van der Waals surface area contributed by atoms with Crippen LogP contribution >= 0.6 is 0 Å². The number of carbonyl (C=O) groups is 1. The summed E-state index contributed by atoms with van der Waals surface area (Å²) in [5.74, 6) is 5.10. The van der Waals surface area contributed by atoms with Crippen molar-refractivity contribution in [3.8, 4) is 0 Å². The Hall–Kier alpha value is -1.66. The number of hydrogen-bond acceptors (Lipinski definition) is 5. The van der Waals surface area contributed by atoms with E-state index in [1.807, 2.05) is 0 Å². The highest BCUT2D eigenvalue weighted by Gasteiger charge is 2.09. The Bertz CT molecular complexity index is 371. The van der Waals surface area contributed by atoms with Gasteiger partial charge in [0.2, 0.25) is 0 Å². The molecule has 0 aromatic carbocycles. The highest BCUT2D eigenvalue weighted by molar-refractivity contribution is 5.99. The zero-order valence-electron chi connectivity index (χ0n) is 10.6. The van der Waals surface area contributed by atoms with E-state index in [0.717, 1.165) is 19.4 Å². The van der Waals surface area contributed by atoms with Gasteiger partial charge in [0.1, 0.15) is 0 Å². The molecule has 1 aromatic heterocycles. The molecule has 18 heavy (non-hydrogen) atoms. The van der Waals surface area contributed by atoms with Gasteiger partial charge in [0.15, 0.2) is 0 Å². The van der Waals surface area contributed by atoms with Crippen LogP contribution in [0.5, 0.6) is 0 Å². The molecule has 0 atom stereocenters. The van der Waals surface area contributed by atoms with Gasteiger partial charge in [-0.1, -0.05) is 13.3 Å². The minimum Gasteiger partial charge on any atom is -0.380 e. The molecule has 0 fully saturated rings. The highest BCUT2D eigenvalue weighted by atomic mass is 16.5. The molecule has 0 unspecified atom stereocenters. The second-order valence-electron chi connectivity index (χ2n) is 3.79. The van der Waals surface area contributed by atoms with Crippen LogP contribution in [0.4, 0.5) is 5.69 Å². The van der Waals surface area contributed by atoms with Gasteiger partial charge in [-0.15, -0.1) is 0 Å². The van der Waals surface area contributed by atoms with E-state index in [2.05, 4.69) is 22.7 Å². The number of unbranched alkanes of at least 4 members (excludes halogenated alkanes) is 1. The van der Waals surface area contributed by atoms with E-state index in [1.165, 1.54) is 6.20 Å². The quantitative estimate of drug-likeness (QED) is 0.363. The number of hydrogen-bond donors (Lipinski definition) is 3. The molecule has 1 rings (SSSR count). The van der Waals surface area contributed by atoms with E-state index in [9.17, 15) is 4.79 Å². The Morgan fingerprint density at radius 2 is 2.33 bits per heavy atom. The number of ether oxygens (including phenoxy) is 1. The van der Waals surface area contributed by atoms with Gasteiger partial charge in [-0.25, -0.2) is 0 Å². The van der Waals surface area contributed by atoms with Crippen LogP contribution in [0.2, 0.25) is 0 Å². The van der Waals surface area contributed by atoms with Crippen LogP contribution in [0, 0.1) is 0 Å². The van der Waals surface area contributed by atoms with Crippen molar-refractivity contribution >= 4 is 11.6 Å². The highest BCUT2D eigenvalue weighted by Crippen LogP contribution is 2.11. The van der Waals surface area contributed by atoms with Crippen molar-refractivity contribution in [2.75, 3.05) is 25.2 Å². The van der Waals surface area contributed by atoms with Crippen molar-refractivity contribution in [2.45, 2.75) is 19.8 Å². The maximum absolute atomic E-state index is 11.8. The SMILES string of the molecule is CCCCOCCNC(=O)c1cnccc1NN. The molecule has 1 heterocycles. The standard InChI is InChI=1S/C12H20N4O2/c1-2-3-7-18-8-6-15-12(17)10-9-14-5-4-11(10)16-13/h4-5,9H,2-3,6-8,13H2,1H3,(H,14,16)(H,15,17). The molecule has 1 aromatic rings. The normalized spacial score (nSPS) is 10.1. The van der Waals surface area contributed by atoms with Crippen molar-refractivity contribution in [3.63, 3.8) is 0 Å². The average Bonchev–Trinajstić information content (AvgIpc) is 2.42. The number of nitrogens with two attached hydrogens (primary N) is 1. The third kappa shape index (κ3) is 4.68. The summed E-state index contributed by atoms with van der Waals surface area (Å²) >= 11 is 0. The first-order valence-electron chi connectivity index (χ1n) is 6.06. The molecular weight excluding hydrogens is 232 g/mol. The molecule has 0 saturated carbocycles. The summed E-state index contributed by atoms with van der Waals surface area (Å²) in [5, 5.41) is 2.75. The molecule has 0 aliphatic rings. The predicted molar refractivity (Wildman–Crippen MR) is 70.1 cm³/mol. The molecule has 0 spiro atoms. The first kappa shape index (κ1) is 14.4. The lowest BCUT2D eigenvalue weighted by Gasteiger charge is -2.09. The van der Waals surface area contributed by atoms with Crippen molar-refractivity contribution < 1.29 is 9.53 Å². The molecular formula is C12H20N4O2. The lowest BCUT2D eigenvalue weighted by Crippen LogP contribution is -2.28. The predicted octanol–water partition coefficient (Wildman–Crippen LogP) is 0.914. The number of hydrazine groups is 1. The summed E-state index contributed by atoms with van der Waals surface area (Å²) in [7, 11) is 0. The minimum absolute atomic E-state index is 0.213. The summed E-state index contributed by atoms with van der Waals surface area (Å²) in [6.45, 7) is 3.82. The number of nitrogens with zero attached hydrogens (tertiary/aromatic N) is 1. The zero-order valence-corrected chi connectivity index (χ0v) is 10.6. The van der Waals surface area contributed by atoms with E-state index >= 15 is 0 Å². The number of pyridine rings is 1. The van der Waals surface area contributed by atoms with E-state index in [0.29, 0.717) is 24.4 Å². The summed E-state index contributed by atoms with van der Waals surface area (Å²) in [6.07, 6.45) is 5.19. The molecule has 100 valence electrons. The van der Waals surface area contributed by atoms with Gasteiger partial charge >= 0.3 is 0 Å². The van der Waals surface area contributed by atoms with Crippen LogP contribution in [0.1, 0.15) is 30.1 Å². The van der Waals surface area contributed by atoms with Crippen molar-refractivity contribution in [3.05, 3.63) is 24.0 Å². The molecule has 6 nitrogen and oxygen atoms in total. The second kappa shape index (κ2) is 8.43. The number of nitrogen functional groups attached to an aromatic ring is 1. The fourth-order valence-electron chi connectivity index (χ4n) is 1.38. The largest absolute Gasteiger partial charge is 0.380 e. The Balaban J connectivity index is 2.32. The molecule has 4 N–H and O–H groups in total. The van der Waals surface area contributed by atoms with Crippen LogP contribution in [0.3, 0.4) is 0 Å². The van der Waals surface area contributed by atoms with Gasteiger partial charge in [-0.2, -0.15) is 0 Å². The summed E-state index contributed by atoms with van der Waals surface area (Å²) in [5.41, 5.74) is 3.44. The Labute approximate surface area is 107 Å². The topological polar surface area (TPSA) is 89.3 Å². The second-order valence-corrected chi connectivity index (χ2v) is 3.79. The van der Waals surface area contributed by atoms with Crippen LogP contribution in [-0.4, -0.2) is 30.6 Å². The van der Waals surface area contributed by atoms with E-state index < -0.39 is 0 Å². The van der Waals surface area contributed by atoms with Crippen molar-refractivity contribution in [1.29, 1.82) is 0 Å². The first-order valence-corrected chi connectivity index (χ1v) is 6.06. The molecule has 0 radical (unpaired) electrons. The smallest absolute Gasteiger partial charge is 0.255 e. The van der Waals surface area contributed by atoms with Crippen LogP contribution in [0.25, 0.3) is 0 Å². The maximum Gasteiger partial charge on any atom is 0.255 e. The van der Waals surface area contributed by atoms with Gasteiger partial charge in [-0.05, 0) is 12.5 Å². The fraction of sp³-hybridized carbons (Fsp3) is 0.500. The van der Waals surface area contributed by atoms with E-state index in [4.69, 9.17) is 10.6 Å². The minimum atomic E-state index is -0.213. The molecule has 6 heteroatoms. The first-order chi connectivity index (χ1) is 8.79. The van der Waals surface area contributed by atoms with Crippen LogP contribution < -0.4 is 16.6 Å². The molecule has 0 aliphatic heterocycles. The van der Waals surface area contributed by atoms with Gasteiger partial charge in [0.05, 0.1) is 17.9 Å². The van der Waals surface area contributed by atoms with Crippen LogP contribution in [0.15, 0.2) is 18.5 Å². The molecule has 1 amide bonds. The molecule has 0 saturated heterocycles. The van der Waals surface area contributed by atoms with E-state index in [1.54, 1.807) is 12.3 Å². The Morgan fingerprint density at radius 3 is 3.06 bits per heavy atom. The molecule has 0 aliphatic carbocycles. The number of anilines is 1. The van der Waals surface area contributed by atoms with E-state index in [-0.39, 0.29) is 5.91 Å². The van der Waals surface area contributed by atoms with Crippen molar-refractivity contribution in [2.24, 2.45) is 5.84 Å². The zero-order chi connectivity index (χ0) is 13.2. The number of amides is 1. The average molecular weight is 252 g/mol. The van der Waals surface area contributed by atoms with Crippen LogP contribution in [-0.2, 0) is 4.74 Å². The summed E-state index contributed by atoms with van der Waals surface area (Å²) in [6, 6.07) is 1.65. The van der Waals surface area contributed by atoms with Crippen molar-refractivity contribution in [1.82, 2.24) is 10.3 Å². The number of rotatable bonds is 8. The maximum atomic E-state index is 11.8. The summed E-state index contributed by atoms with van der Waals surface area (Å²) < 4.78 is 5.35. The lowest BCUT2D eigenvalue weighted by atomic mass is 10.2. The third-order valence-corrected chi connectivity index (χ3v) is 2.40. The number of carbonyl (C=O) groups excluding carboxylic acids is 1. The number of aromatic nitrogens is 1. The lowest BCUT2D eigenvalue weighted by molar-refractivity contribution is 0.0913.